The number of aromatic amines is 1. The van der Waals surface area contributed by atoms with E-state index in [0.29, 0.717) is 5.92 Å². The second-order valence-corrected chi connectivity index (χ2v) is 7.71. The first-order chi connectivity index (χ1) is 13.2. The fourth-order valence-electron chi connectivity index (χ4n) is 3.97. The van der Waals surface area contributed by atoms with Crippen molar-refractivity contribution in [3.63, 3.8) is 0 Å². The first-order valence-electron chi connectivity index (χ1n) is 10.5. The van der Waals surface area contributed by atoms with E-state index in [1.54, 1.807) is 0 Å². The summed E-state index contributed by atoms with van der Waals surface area (Å²) in [5.74, 6) is 1.64. The molecular formula is C22H35N5. The molecule has 0 bridgehead atoms. The SMILES string of the molecule is CCCN1CCC(CN=C(NCC)NCCc2c[nH]c3cc(C)ccc23)C1. The van der Waals surface area contributed by atoms with Gasteiger partial charge in [-0.1, -0.05) is 19.1 Å². The van der Waals surface area contributed by atoms with Crippen LogP contribution in [0.4, 0.5) is 0 Å². The van der Waals surface area contributed by atoms with Gasteiger partial charge in [0.05, 0.1) is 0 Å². The summed E-state index contributed by atoms with van der Waals surface area (Å²) >= 11 is 0. The second kappa shape index (κ2) is 9.79. The average molecular weight is 370 g/mol. The third kappa shape index (κ3) is 5.48. The summed E-state index contributed by atoms with van der Waals surface area (Å²) in [6.45, 7) is 12.9. The van der Waals surface area contributed by atoms with Crippen LogP contribution in [0.2, 0.25) is 0 Å². The highest BCUT2D eigenvalue weighted by molar-refractivity contribution is 5.84. The predicted molar refractivity (Wildman–Crippen MR) is 116 cm³/mol. The third-order valence-corrected chi connectivity index (χ3v) is 5.37. The number of guanidine groups is 1. The summed E-state index contributed by atoms with van der Waals surface area (Å²) in [5.41, 5.74) is 3.88. The number of likely N-dealkylation sites (tertiary alicyclic amines) is 1. The highest BCUT2D eigenvalue weighted by Crippen LogP contribution is 2.19. The lowest BCUT2D eigenvalue weighted by Crippen LogP contribution is -2.38. The molecule has 5 heteroatoms. The molecule has 0 radical (unpaired) electrons. The van der Waals surface area contributed by atoms with Gasteiger partial charge in [-0.25, -0.2) is 0 Å². The van der Waals surface area contributed by atoms with Crippen LogP contribution in [-0.2, 0) is 6.42 Å². The standard InChI is InChI=1S/C22H35N5/c1-4-11-27-12-9-18(16-27)14-26-22(23-5-2)24-10-8-19-15-25-21-13-17(3)6-7-20(19)21/h6-7,13,15,18,25H,4-5,8-12,14,16H2,1-3H3,(H2,23,24,26). The first kappa shape index (κ1) is 19.7. The van der Waals surface area contributed by atoms with E-state index in [1.165, 1.54) is 54.5 Å². The number of hydrogen-bond acceptors (Lipinski definition) is 2. The van der Waals surface area contributed by atoms with E-state index in [9.17, 15) is 0 Å². The summed E-state index contributed by atoms with van der Waals surface area (Å²) < 4.78 is 0. The van der Waals surface area contributed by atoms with Gasteiger partial charge in [-0.05, 0) is 69.3 Å². The summed E-state index contributed by atoms with van der Waals surface area (Å²) in [6.07, 6.45) is 5.64. The Hall–Kier alpha value is -2.01. The molecule has 0 amide bonds. The van der Waals surface area contributed by atoms with Crippen molar-refractivity contribution in [2.75, 3.05) is 39.3 Å². The topological polar surface area (TPSA) is 55.4 Å². The van der Waals surface area contributed by atoms with Crippen molar-refractivity contribution in [3.8, 4) is 0 Å². The fraction of sp³-hybridized carbons (Fsp3) is 0.591. The van der Waals surface area contributed by atoms with Crippen LogP contribution in [-0.4, -0.2) is 55.1 Å². The highest BCUT2D eigenvalue weighted by atomic mass is 15.2. The van der Waals surface area contributed by atoms with Crippen LogP contribution >= 0.6 is 0 Å². The zero-order valence-electron chi connectivity index (χ0n) is 17.1. The number of H-pyrrole nitrogens is 1. The van der Waals surface area contributed by atoms with Gasteiger partial charge in [0.1, 0.15) is 0 Å². The average Bonchev–Trinajstić information content (AvgIpc) is 3.27. The minimum atomic E-state index is 0.698. The van der Waals surface area contributed by atoms with Crippen molar-refractivity contribution in [2.24, 2.45) is 10.9 Å². The molecule has 2 heterocycles. The van der Waals surface area contributed by atoms with Crippen LogP contribution < -0.4 is 10.6 Å². The van der Waals surface area contributed by atoms with Gasteiger partial charge in [0, 0.05) is 43.3 Å². The van der Waals surface area contributed by atoms with E-state index in [1.807, 2.05) is 0 Å². The number of aliphatic imine (C=N–C) groups is 1. The van der Waals surface area contributed by atoms with Crippen LogP contribution in [0, 0.1) is 12.8 Å². The normalized spacial score (nSPS) is 18.3. The van der Waals surface area contributed by atoms with Crippen molar-refractivity contribution in [3.05, 3.63) is 35.5 Å². The molecule has 2 aromatic rings. The molecule has 0 spiro atoms. The molecule has 1 atom stereocenters. The van der Waals surface area contributed by atoms with Gasteiger partial charge in [-0.2, -0.15) is 0 Å². The summed E-state index contributed by atoms with van der Waals surface area (Å²) in [4.78, 5) is 10.8. The lowest BCUT2D eigenvalue weighted by atomic mass is 10.1. The Morgan fingerprint density at radius 2 is 2.19 bits per heavy atom. The van der Waals surface area contributed by atoms with Gasteiger partial charge in [-0.15, -0.1) is 0 Å². The summed E-state index contributed by atoms with van der Waals surface area (Å²) in [7, 11) is 0. The molecule has 1 unspecified atom stereocenters. The number of nitrogens with one attached hydrogen (secondary N) is 3. The molecule has 27 heavy (non-hydrogen) atoms. The molecule has 1 aromatic heterocycles. The van der Waals surface area contributed by atoms with E-state index in [2.05, 4.69) is 65.7 Å². The Labute approximate surface area is 163 Å². The maximum atomic E-state index is 4.84. The van der Waals surface area contributed by atoms with Crippen LogP contribution in [0.25, 0.3) is 10.9 Å². The molecule has 3 N–H and O–H groups in total. The molecule has 1 saturated heterocycles. The van der Waals surface area contributed by atoms with E-state index >= 15 is 0 Å². The molecule has 1 aliphatic heterocycles. The Bertz CT molecular complexity index is 748. The largest absolute Gasteiger partial charge is 0.361 e. The van der Waals surface area contributed by atoms with E-state index in [-0.39, 0.29) is 0 Å². The molecule has 3 rings (SSSR count). The monoisotopic (exact) mass is 369 g/mol. The maximum absolute atomic E-state index is 4.84. The number of nitrogens with zero attached hydrogens (tertiary/aromatic N) is 2. The zero-order chi connectivity index (χ0) is 19.1. The number of fused-ring (bicyclic) bond motifs is 1. The van der Waals surface area contributed by atoms with Gasteiger partial charge >= 0.3 is 0 Å². The van der Waals surface area contributed by atoms with E-state index in [4.69, 9.17) is 4.99 Å². The smallest absolute Gasteiger partial charge is 0.191 e. The minimum absolute atomic E-state index is 0.698. The lowest BCUT2D eigenvalue weighted by Gasteiger charge is -2.15. The molecule has 0 saturated carbocycles. The zero-order valence-corrected chi connectivity index (χ0v) is 17.1. The van der Waals surface area contributed by atoms with Gasteiger partial charge < -0.3 is 20.5 Å². The molecule has 1 aliphatic rings. The second-order valence-electron chi connectivity index (χ2n) is 7.71. The summed E-state index contributed by atoms with van der Waals surface area (Å²) in [6, 6.07) is 6.61. The lowest BCUT2D eigenvalue weighted by molar-refractivity contribution is 0.326. The minimum Gasteiger partial charge on any atom is -0.361 e. The van der Waals surface area contributed by atoms with Crippen molar-refractivity contribution in [1.29, 1.82) is 0 Å². The fourth-order valence-corrected chi connectivity index (χ4v) is 3.97. The van der Waals surface area contributed by atoms with Crippen molar-refractivity contribution in [2.45, 2.75) is 40.0 Å². The molecule has 5 nitrogen and oxygen atoms in total. The number of benzene rings is 1. The number of aromatic nitrogens is 1. The Morgan fingerprint density at radius 3 is 3.00 bits per heavy atom. The van der Waals surface area contributed by atoms with E-state index in [0.717, 1.165) is 32.0 Å². The molecule has 0 aliphatic carbocycles. The maximum Gasteiger partial charge on any atom is 0.191 e. The van der Waals surface area contributed by atoms with Crippen molar-refractivity contribution < 1.29 is 0 Å². The molecule has 1 fully saturated rings. The van der Waals surface area contributed by atoms with Crippen LogP contribution in [0.3, 0.4) is 0 Å². The van der Waals surface area contributed by atoms with Crippen molar-refractivity contribution >= 4 is 16.9 Å². The Kier molecular flexibility index (Phi) is 7.16. The number of rotatable bonds is 8. The third-order valence-electron chi connectivity index (χ3n) is 5.37. The Morgan fingerprint density at radius 1 is 1.30 bits per heavy atom. The quantitative estimate of drug-likeness (QED) is 0.494. The van der Waals surface area contributed by atoms with E-state index < -0.39 is 0 Å². The van der Waals surface area contributed by atoms with Gasteiger partial charge in [0.25, 0.3) is 0 Å². The molecule has 148 valence electrons. The van der Waals surface area contributed by atoms with Gasteiger partial charge in [-0.3, -0.25) is 4.99 Å². The number of hydrogen-bond donors (Lipinski definition) is 3. The summed E-state index contributed by atoms with van der Waals surface area (Å²) in [5, 5.41) is 8.22. The highest BCUT2D eigenvalue weighted by Gasteiger charge is 2.21. The van der Waals surface area contributed by atoms with Crippen molar-refractivity contribution in [1.82, 2.24) is 20.5 Å². The van der Waals surface area contributed by atoms with Gasteiger partial charge in [0.15, 0.2) is 5.96 Å². The molecule has 1 aromatic carbocycles. The van der Waals surface area contributed by atoms with Crippen LogP contribution in [0.1, 0.15) is 37.8 Å². The Balaban J connectivity index is 1.50. The first-order valence-corrected chi connectivity index (χ1v) is 10.5. The number of aryl methyl sites for hydroxylation is 1. The van der Waals surface area contributed by atoms with Gasteiger partial charge in [0.2, 0.25) is 0 Å². The van der Waals surface area contributed by atoms with Crippen LogP contribution in [0.5, 0.6) is 0 Å². The predicted octanol–water partition coefficient (Wildman–Crippen LogP) is 3.31. The molecular weight excluding hydrogens is 334 g/mol. The van der Waals surface area contributed by atoms with Crippen LogP contribution in [0.15, 0.2) is 29.4 Å².